The molecular formula is C18H28ClN9O6S2. The summed E-state index contributed by atoms with van der Waals surface area (Å²) in [6, 6.07) is 1.76. The van der Waals surface area contributed by atoms with E-state index in [1.54, 1.807) is 4.90 Å². The summed E-state index contributed by atoms with van der Waals surface area (Å²) in [5, 5.41) is 25.3. The molecule has 1 aromatic heterocycles. The van der Waals surface area contributed by atoms with Crippen LogP contribution in [-0.4, -0.2) is 95.3 Å². The number of anilines is 1. The predicted molar refractivity (Wildman–Crippen MR) is 130 cm³/mol. The highest BCUT2D eigenvalue weighted by molar-refractivity contribution is 7.92. The van der Waals surface area contributed by atoms with E-state index in [0.29, 0.717) is 51.3 Å². The van der Waals surface area contributed by atoms with Crippen molar-refractivity contribution >= 4 is 44.1 Å². The Balaban J connectivity index is 0.00000361. The number of aromatic nitrogens is 4. The second-order valence-corrected chi connectivity index (χ2v) is 11.4. The van der Waals surface area contributed by atoms with Crippen LogP contribution in [0.1, 0.15) is 12.8 Å². The van der Waals surface area contributed by atoms with Crippen molar-refractivity contribution in [3.63, 3.8) is 0 Å². The third-order valence-electron chi connectivity index (χ3n) is 5.91. The third kappa shape index (κ3) is 5.93. The number of tetrazole rings is 1. The molecule has 2 atom stereocenters. The van der Waals surface area contributed by atoms with Crippen LogP contribution in [0.3, 0.4) is 0 Å². The fraction of sp³-hybridized carbons (Fsp3) is 0.556. The lowest BCUT2D eigenvalue weighted by molar-refractivity contribution is -0.143. The van der Waals surface area contributed by atoms with Crippen LogP contribution < -0.4 is 25.4 Å². The topological polar surface area (TPSA) is 214 Å². The molecule has 2 aliphatic heterocycles. The lowest BCUT2D eigenvalue weighted by atomic mass is 10.1. The lowest BCUT2D eigenvalue weighted by Gasteiger charge is -2.26. The van der Waals surface area contributed by atoms with Crippen LogP contribution in [0, 0.1) is 0 Å². The maximum Gasteiger partial charge on any atom is 0.322 e. The first-order valence-electron chi connectivity index (χ1n) is 10.8. The van der Waals surface area contributed by atoms with Gasteiger partial charge in [-0.25, -0.2) is 26.7 Å². The van der Waals surface area contributed by atoms with Gasteiger partial charge >= 0.3 is 5.97 Å². The summed E-state index contributed by atoms with van der Waals surface area (Å²) in [6.45, 7) is 2.15. The number of ether oxygens (including phenoxy) is 1. The fourth-order valence-corrected chi connectivity index (χ4v) is 7.16. The number of nitrogens with one attached hydrogen (secondary N) is 4. The standard InChI is InChI=1S/C18H27N9O6S2.ClH/c1-33-18(28)12-5-8-27(9-7-21-12)13-2-3-14(35(31,32)24-11-4-6-20-10-11)16(34(19,29)30)15(13)17-22-25-26-23-17;/h2-3,11-12,20-21,24H,4-10H2,1H3,(H2,19,29,30)(H,22,23,25,26);1H. The number of rotatable bonds is 7. The molecule has 2 saturated heterocycles. The Hall–Kier alpha value is -2.41. The van der Waals surface area contributed by atoms with Gasteiger partial charge in [0.2, 0.25) is 25.9 Å². The summed E-state index contributed by atoms with van der Waals surface area (Å²) in [5.74, 6) is -0.547. The summed E-state index contributed by atoms with van der Waals surface area (Å²) >= 11 is 0. The van der Waals surface area contributed by atoms with Crippen molar-refractivity contribution in [2.45, 2.75) is 34.7 Å². The normalized spacial score (nSPS) is 21.0. The molecule has 3 heterocycles. The summed E-state index contributed by atoms with van der Waals surface area (Å²) in [4.78, 5) is 12.7. The number of hydrogen-bond acceptors (Lipinski definition) is 12. The Morgan fingerprint density at radius 1 is 1.19 bits per heavy atom. The van der Waals surface area contributed by atoms with E-state index in [9.17, 15) is 21.6 Å². The molecular weight excluding hydrogens is 538 g/mol. The quantitative estimate of drug-likeness (QED) is 0.229. The SMILES string of the molecule is COC(=O)C1CCN(c2ccc(S(=O)(=O)NC3CCNC3)c(S(N)(=O)=O)c2-c2nn[nH]n2)CCN1.Cl. The highest BCUT2D eigenvalue weighted by Gasteiger charge is 2.35. The van der Waals surface area contributed by atoms with Gasteiger partial charge in [0.25, 0.3) is 0 Å². The second-order valence-electron chi connectivity index (χ2n) is 8.18. The molecule has 0 bridgehead atoms. The van der Waals surface area contributed by atoms with E-state index in [-0.39, 0.29) is 23.8 Å². The molecule has 6 N–H and O–H groups in total. The lowest BCUT2D eigenvalue weighted by Crippen LogP contribution is -2.37. The van der Waals surface area contributed by atoms with Gasteiger partial charge in [-0.15, -0.1) is 22.6 Å². The average molecular weight is 566 g/mol. The molecule has 36 heavy (non-hydrogen) atoms. The Morgan fingerprint density at radius 2 is 1.97 bits per heavy atom. The summed E-state index contributed by atoms with van der Waals surface area (Å²) < 4.78 is 59.6. The smallest absolute Gasteiger partial charge is 0.322 e. The van der Waals surface area contributed by atoms with Gasteiger partial charge in [0.05, 0.1) is 12.7 Å². The van der Waals surface area contributed by atoms with Crippen LogP contribution in [0.5, 0.6) is 0 Å². The minimum Gasteiger partial charge on any atom is -0.468 e. The van der Waals surface area contributed by atoms with Gasteiger partial charge in [0.1, 0.15) is 15.8 Å². The maximum absolute atomic E-state index is 13.3. The third-order valence-corrected chi connectivity index (χ3v) is 8.60. The molecule has 2 aliphatic rings. The molecule has 18 heteroatoms. The number of nitrogens with zero attached hydrogens (tertiary/aromatic N) is 4. The number of carbonyl (C=O) groups is 1. The molecule has 0 amide bonds. The number of primary sulfonamides is 1. The van der Waals surface area contributed by atoms with E-state index in [1.165, 1.54) is 19.2 Å². The van der Waals surface area contributed by atoms with Gasteiger partial charge in [-0.1, -0.05) is 0 Å². The van der Waals surface area contributed by atoms with Crippen molar-refractivity contribution in [1.82, 2.24) is 36.0 Å². The van der Waals surface area contributed by atoms with Crippen LogP contribution >= 0.6 is 12.4 Å². The molecule has 15 nitrogen and oxygen atoms in total. The van der Waals surface area contributed by atoms with Crippen molar-refractivity contribution in [2.75, 3.05) is 44.7 Å². The monoisotopic (exact) mass is 565 g/mol. The van der Waals surface area contributed by atoms with Gasteiger partial charge in [-0.3, -0.25) is 4.79 Å². The highest BCUT2D eigenvalue weighted by atomic mass is 35.5. The summed E-state index contributed by atoms with van der Waals surface area (Å²) in [5.41, 5.74) is 0.245. The molecule has 2 unspecified atom stereocenters. The molecule has 2 fully saturated rings. The minimum absolute atomic E-state index is 0. The van der Waals surface area contributed by atoms with Crippen LogP contribution in [0.2, 0.25) is 0 Å². The Labute approximate surface area is 214 Å². The Kier molecular flexibility index (Phi) is 8.86. The number of esters is 1. The van der Waals surface area contributed by atoms with Crippen LogP contribution in [0.25, 0.3) is 11.4 Å². The number of aromatic amines is 1. The second kappa shape index (κ2) is 11.3. The Bertz CT molecular complexity index is 1280. The van der Waals surface area contributed by atoms with Gasteiger partial charge in [-0.05, 0) is 36.7 Å². The van der Waals surface area contributed by atoms with E-state index in [2.05, 4.69) is 36.0 Å². The Morgan fingerprint density at radius 3 is 2.58 bits per heavy atom. The van der Waals surface area contributed by atoms with Crippen molar-refractivity contribution in [1.29, 1.82) is 0 Å². The molecule has 1 aromatic carbocycles. The van der Waals surface area contributed by atoms with Gasteiger partial charge < -0.3 is 20.3 Å². The molecule has 4 rings (SSSR count). The zero-order valence-corrected chi connectivity index (χ0v) is 21.7. The first-order valence-corrected chi connectivity index (χ1v) is 13.9. The number of methoxy groups -OCH3 is 1. The number of hydrogen-bond donors (Lipinski definition) is 5. The van der Waals surface area contributed by atoms with Crippen LogP contribution in [0.4, 0.5) is 5.69 Å². The average Bonchev–Trinajstić information content (AvgIpc) is 3.47. The number of carbonyl (C=O) groups excluding carboxylic acids is 1. The van der Waals surface area contributed by atoms with Gasteiger partial charge in [-0.2, -0.15) is 5.21 Å². The van der Waals surface area contributed by atoms with Crippen molar-refractivity contribution in [3.8, 4) is 11.4 Å². The molecule has 200 valence electrons. The maximum atomic E-state index is 13.3. The minimum atomic E-state index is -4.58. The first-order chi connectivity index (χ1) is 16.6. The van der Waals surface area contributed by atoms with Crippen molar-refractivity contribution in [3.05, 3.63) is 12.1 Å². The van der Waals surface area contributed by atoms with Gasteiger partial charge in [0, 0.05) is 37.9 Å². The number of sulfonamides is 2. The van der Waals surface area contributed by atoms with Gasteiger partial charge in [0.15, 0.2) is 0 Å². The summed E-state index contributed by atoms with van der Waals surface area (Å²) in [7, 11) is -7.55. The zero-order valence-electron chi connectivity index (χ0n) is 19.3. The van der Waals surface area contributed by atoms with Crippen LogP contribution in [0.15, 0.2) is 21.9 Å². The first kappa shape index (κ1) is 28.2. The molecule has 0 saturated carbocycles. The number of H-pyrrole nitrogens is 1. The number of halogens is 1. The predicted octanol–water partition coefficient (Wildman–Crippen LogP) is -2.08. The van der Waals surface area contributed by atoms with E-state index >= 15 is 0 Å². The van der Waals surface area contributed by atoms with Crippen LogP contribution in [-0.2, 0) is 29.6 Å². The largest absolute Gasteiger partial charge is 0.468 e. The van der Waals surface area contributed by atoms with Crippen molar-refractivity contribution in [2.24, 2.45) is 5.14 Å². The zero-order chi connectivity index (χ0) is 25.2. The van der Waals surface area contributed by atoms with E-state index in [1.807, 2.05) is 0 Å². The van der Waals surface area contributed by atoms with E-state index in [0.717, 1.165) is 0 Å². The molecule has 2 aromatic rings. The van der Waals surface area contributed by atoms with E-state index in [4.69, 9.17) is 9.88 Å². The summed E-state index contributed by atoms with van der Waals surface area (Å²) in [6.07, 6.45) is 0.918. The van der Waals surface area contributed by atoms with Crippen molar-refractivity contribution < 1.29 is 26.4 Å². The number of benzene rings is 1. The fourth-order valence-electron chi connectivity index (χ4n) is 4.29. The molecule has 0 radical (unpaired) electrons. The molecule has 0 spiro atoms. The molecule has 0 aliphatic carbocycles. The number of nitrogens with two attached hydrogens (primary N) is 1. The highest BCUT2D eigenvalue weighted by Crippen LogP contribution is 2.38. The van der Waals surface area contributed by atoms with E-state index < -0.39 is 47.9 Å².